The lowest BCUT2D eigenvalue weighted by molar-refractivity contribution is -0.384. The van der Waals surface area contributed by atoms with Crippen LogP contribution in [0.15, 0.2) is 54.6 Å². The molecular formula is C20H20N4O4S. The van der Waals surface area contributed by atoms with Crippen LogP contribution in [0.2, 0.25) is 0 Å². The molecule has 0 aliphatic carbocycles. The lowest BCUT2D eigenvalue weighted by atomic mass is 10.2. The zero-order valence-corrected chi connectivity index (χ0v) is 16.5. The lowest BCUT2D eigenvalue weighted by Crippen LogP contribution is -2.32. The summed E-state index contributed by atoms with van der Waals surface area (Å²) in [7, 11) is 0. The molecule has 0 aliphatic heterocycles. The van der Waals surface area contributed by atoms with Crippen LogP contribution in [0.3, 0.4) is 0 Å². The van der Waals surface area contributed by atoms with Crippen molar-refractivity contribution >= 4 is 52.3 Å². The van der Waals surface area contributed by atoms with E-state index in [-0.39, 0.29) is 16.7 Å². The first-order valence-electron chi connectivity index (χ1n) is 8.82. The average Bonchev–Trinajstić information content (AvgIpc) is 2.67. The molecule has 150 valence electrons. The number of nitro benzene ring substituents is 1. The third-order valence-electron chi connectivity index (χ3n) is 3.63. The molecule has 2 rings (SSSR count). The number of carbonyl (C=O) groups excluding carboxylic acids is 2. The van der Waals surface area contributed by atoms with Crippen molar-refractivity contribution in [2.75, 3.05) is 10.6 Å². The van der Waals surface area contributed by atoms with Gasteiger partial charge in [-0.3, -0.25) is 25.0 Å². The normalized spacial score (nSPS) is 10.4. The molecule has 0 radical (unpaired) electrons. The zero-order valence-electron chi connectivity index (χ0n) is 15.7. The maximum absolute atomic E-state index is 12.0. The smallest absolute Gasteiger partial charge is 0.270 e. The van der Waals surface area contributed by atoms with E-state index in [1.807, 2.05) is 6.92 Å². The van der Waals surface area contributed by atoms with Crippen LogP contribution in [0.25, 0.3) is 6.08 Å². The quantitative estimate of drug-likeness (QED) is 0.275. The molecule has 0 saturated heterocycles. The van der Waals surface area contributed by atoms with E-state index in [0.29, 0.717) is 23.4 Å². The first-order valence-corrected chi connectivity index (χ1v) is 9.22. The molecular weight excluding hydrogens is 392 g/mol. The largest absolute Gasteiger partial charge is 0.332 e. The summed E-state index contributed by atoms with van der Waals surface area (Å²) >= 11 is 5.12. The Morgan fingerprint density at radius 3 is 2.48 bits per heavy atom. The summed E-state index contributed by atoms with van der Waals surface area (Å²) in [4.78, 5) is 34.0. The van der Waals surface area contributed by atoms with Crippen molar-refractivity contribution in [1.29, 1.82) is 0 Å². The molecule has 0 atom stereocenters. The number of non-ortho nitro benzene ring substituents is 1. The third kappa shape index (κ3) is 7.51. The molecule has 2 aromatic carbocycles. The number of hydrogen-bond acceptors (Lipinski definition) is 5. The van der Waals surface area contributed by atoms with Crippen LogP contribution in [0.5, 0.6) is 0 Å². The monoisotopic (exact) mass is 412 g/mol. The molecule has 0 bridgehead atoms. The topological polar surface area (TPSA) is 113 Å². The summed E-state index contributed by atoms with van der Waals surface area (Å²) in [6.07, 6.45) is 3.87. The van der Waals surface area contributed by atoms with Gasteiger partial charge in [-0.15, -0.1) is 0 Å². The molecule has 0 fully saturated rings. The van der Waals surface area contributed by atoms with E-state index >= 15 is 0 Å². The Balaban J connectivity index is 1.92. The summed E-state index contributed by atoms with van der Waals surface area (Å²) < 4.78 is 0. The van der Waals surface area contributed by atoms with Gasteiger partial charge in [0.15, 0.2) is 5.11 Å². The van der Waals surface area contributed by atoms with Gasteiger partial charge in [0.2, 0.25) is 11.8 Å². The van der Waals surface area contributed by atoms with Crippen LogP contribution in [-0.2, 0) is 9.59 Å². The minimum Gasteiger partial charge on any atom is -0.332 e. The van der Waals surface area contributed by atoms with Crippen molar-refractivity contribution in [3.05, 3.63) is 70.3 Å². The van der Waals surface area contributed by atoms with Crippen molar-refractivity contribution in [2.45, 2.75) is 19.8 Å². The second-order valence-electron chi connectivity index (χ2n) is 6.01. The highest BCUT2D eigenvalue weighted by molar-refractivity contribution is 7.80. The van der Waals surface area contributed by atoms with Crippen LogP contribution in [0.1, 0.15) is 25.3 Å². The predicted molar refractivity (Wildman–Crippen MR) is 116 cm³/mol. The van der Waals surface area contributed by atoms with E-state index in [9.17, 15) is 19.7 Å². The highest BCUT2D eigenvalue weighted by Gasteiger charge is 2.06. The number of nitrogens with one attached hydrogen (secondary N) is 3. The molecule has 0 heterocycles. The molecule has 0 aromatic heterocycles. The summed E-state index contributed by atoms with van der Waals surface area (Å²) in [6, 6.07) is 12.9. The summed E-state index contributed by atoms with van der Waals surface area (Å²) in [5, 5.41) is 19.0. The van der Waals surface area contributed by atoms with Crippen molar-refractivity contribution in [2.24, 2.45) is 0 Å². The van der Waals surface area contributed by atoms with Crippen molar-refractivity contribution < 1.29 is 14.5 Å². The molecule has 2 amide bonds. The van der Waals surface area contributed by atoms with Gasteiger partial charge in [-0.25, -0.2) is 0 Å². The minimum absolute atomic E-state index is 0.0596. The zero-order chi connectivity index (χ0) is 21.2. The van der Waals surface area contributed by atoms with Gasteiger partial charge in [-0.1, -0.05) is 25.1 Å². The summed E-state index contributed by atoms with van der Waals surface area (Å²) in [5.41, 5.74) is 1.68. The number of rotatable bonds is 7. The number of benzene rings is 2. The molecule has 0 saturated carbocycles. The molecule has 3 N–H and O–H groups in total. The predicted octanol–water partition coefficient (Wildman–Crippen LogP) is 3.86. The van der Waals surface area contributed by atoms with Crippen molar-refractivity contribution in [3.8, 4) is 0 Å². The molecule has 0 spiro atoms. The Morgan fingerprint density at radius 1 is 1.10 bits per heavy atom. The van der Waals surface area contributed by atoms with E-state index in [4.69, 9.17) is 12.2 Å². The van der Waals surface area contributed by atoms with Crippen LogP contribution in [0, 0.1) is 10.1 Å². The van der Waals surface area contributed by atoms with Crippen molar-refractivity contribution in [1.82, 2.24) is 5.32 Å². The lowest BCUT2D eigenvalue weighted by Gasteiger charge is -2.10. The van der Waals surface area contributed by atoms with Gasteiger partial charge in [0.25, 0.3) is 5.69 Å². The minimum atomic E-state index is -0.505. The van der Waals surface area contributed by atoms with Gasteiger partial charge < -0.3 is 10.6 Å². The fraction of sp³-hybridized carbons (Fsp3) is 0.150. The number of anilines is 2. The molecule has 29 heavy (non-hydrogen) atoms. The van der Waals surface area contributed by atoms with Gasteiger partial charge in [0, 0.05) is 36.0 Å². The fourth-order valence-electron chi connectivity index (χ4n) is 2.36. The van der Waals surface area contributed by atoms with E-state index in [0.717, 1.165) is 6.42 Å². The van der Waals surface area contributed by atoms with E-state index < -0.39 is 10.8 Å². The maximum Gasteiger partial charge on any atom is 0.270 e. The molecule has 8 nitrogen and oxygen atoms in total. The first kappa shape index (κ1) is 21.7. The molecule has 9 heteroatoms. The number of nitro groups is 1. The van der Waals surface area contributed by atoms with E-state index in [2.05, 4.69) is 16.0 Å². The highest BCUT2D eigenvalue weighted by Crippen LogP contribution is 2.16. The number of hydrogen-bond donors (Lipinski definition) is 3. The van der Waals surface area contributed by atoms with Gasteiger partial charge in [0.1, 0.15) is 0 Å². The number of carbonyl (C=O) groups is 2. The Labute approximate surface area is 173 Å². The second kappa shape index (κ2) is 10.7. The Morgan fingerprint density at radius 2 is 1.79 bits per heavy atom. The third-order valence-corrected chi connectivity index (χ3v) is 3.83. The maximum atomic E-state index is 12.0. The van der Waals surface area contributed by atoms with Gasteiger partial charge in [-0.2, -0.15) is 0 Å². The van der Waals surface area contributed by atoms with Crippen molar-refractivity contribution in [3.63, 3.8) is 0 Å². The Bertz CT molecular complexity index is 959. The van der Waals surface area contributed by atoms with Gasteiger partial charge in [0.05, 0.1) is 4.92 Å². The summed E-state index contributed by atoms with van der Waals surface area (Å²) in [6.45, 7) is 1.92. The van der Waals surface area contributed by atoms with E-state index in [1.165, 1.54) is 30.4 Å². The second-order valence-corrected chi connectivity index (χ2v) is 6.42. The van der Waals surface area contributed by atoms with Gasteiger partial charge in [-0.05, 0) is 48.5 Å². The fourth-order valence-corrected chi connectivity index (χ4v) is 2.57. The number of amides is 2. The summed E-state index contributed by atoms with van der Waals surface area (Å²) in [5.74, 6) is -0.562. The Kier molecular flexibility index (Phi) is 7.99. The molecule has 0 aliphatic rings. The number of nitrogens with zero attached hydrogens (tertiary/aromatic N) is 1. The van der Waals surface area contributed by atoms with E-state index in [1.54, 1.807) is 30.3 Å². The molecule has 0 unspecified atom stereocenters. The average molecular weight is 412 g/mol. The van der Waals surface area contributed by atoms with Crippen LogP contribution in [0.4, 0.5) is 17.1 Å². The number of thiocarbonyl (C=S) groups is 1. The Hall–Kier alpha value is -3.59. The SMILES string of the molecule is CCCC(=O)Nc1cccc(NC(=S)NC(=O)C=Cc2cccc([N+](=O)[O-])c2)c1. The van der Waals surface area contributed by atoms with Gasteiger partial charge >= 0.3 is 0 Å². The standard InChI is InChI=1S/C20H20N4O4S/c1-2-5-18(25)21-15-7-4-8-16(13-15)22-20(29)23-19(26)11-10-14-6-3-9-17(12-14)24(27)28/h3-4,6-13H,2,5H2,1H3,(H,21,25)(H2,22,23,26,29). The first-order chi connectivity index (χ1) is 13.9. The van der Waals surface area contributed by atoms with Crippen LogP contribution in [-0.4, -0.2) is 21.9 Å². The van der Waals surface area contributed by atoms with Crippen LogP contribution < -0.4 is 16.0 Å². The molecule has 2 aromatic rings. The highest BCUT2D eigenvalue weighted by atomic mass is 32.1. The van der Waals surface area contributed by atoms with Crippen LogP contribution >= 0.6 is 12.2 Å².